The Hall–Kier alpha value is -12.4. The van der Waals surface area contributed by atoms with Crippen molar-refractivity contribution >= 4 is 23.7 Å². The lowest BCUT2D eigenvalue weighted by Crippen LogP contribution is -2.68. The van der Waals surface area contributed by atoms with Gasteiger partial charge in [-0.05, 0) is 97.6 Å². The average molecular weight is 1960 g/mol. The molecule has 22 nitrogen and oxygen atoms in total. The summed E-state index contributed by atoms with van der Waals surface area (Å²) in [6, 6.07) is 135. The van der Waals surface area contributed by atoms with Crippen LogP contribution in [0.5, 0.6) is 0 Å². The largest absolute Gasteiger partial charge is 0.452 e. The van der Waals surface area contributed by atoms with E-state index in [1.807, 2.05) is 376 Å². The number of rotatable bonds is 49. The maximum absolute atomic E-state index is 15.8. The Morgan fingerprint density at radius 3 is 0.688 bits per heavy atom. The lowest BCUT2D eigenvalue weighted by molar-refractivity contribution is -0.405. The van der Waals surface area contributed by atoms with Crippen LogP contribution in [0.15, 0.2) is 430 Å². The van der Waals surface area contributed by atoms with Crippen molar-refractivity contribution in [2.45, 2.75) is 200 Å². The molecule has 0 bridgehead atoms. The highest BCUT2D eigenvalue weighted by Gasteiger charge is 2.60. The first-order valence-electron chi connectivity index (χ1n) is 49.1. The second-order valence-electron chi connectivity index (χ2n) is 35.7. The van der Waals surface area contributed by atoms with E-state index in [2.05, 4.69) is 0 Å². The van der Waals surface area contributed by atoms with Crippen molar-refractivity contribution in [3.63, 3.8) is 0 Å². The fourth-order valence-corrected chi connectivity index (χ4v) is 19.1. The molecule has 14 aromatic rings. The average Bonchev–Trinajstić information content (AvgIpc) is 0.757. The molecular formula is C121H120O22S. The normalized spacial score (nSPS) is 24.2. The zero-order valence-corrected chi connectivity index (χ0v) is 80.8. The van der Waals surface area contributed by atoms with Crippen molar-refractivity contribution < 1.29 is 104 Å². The molecule has 742 valence electrons. The van der Waals surface area contributed by atoms with Crippen molar-refractivity contribution in [3.8, 4) is 0 Å². The summed E-state index contributed by atoms with van der Waals surface area (Å²) in [6.07, 6.45) is -24.2. The Labute approximate surface area is 845 Å². The Morgan fingerprint density at radius 2 is 0.403 bits per heavy atom. The molecule has 0 aromatic heterocycles. The minimum Gasteiger partial charge on any atom is -0.452 e. The molecule has 4 saturated heterocycles. The number of benzene rings is 14. The van der Waals surface area contributed by atoms with Crippen LogP contribution in [0.25, 0.3) is 0 Å². The third-order valence-corrected chi connectivity index (χ3v) is 26.5. The topological polar surface area (TPSA) is 219 Å². The SMILES string of the molecule is O=C(O[C@@H]1[C@@H](O[C@@H]2[C@@H](O[C@@H]3[C@@H](OC[C@H]4O[C@H](Sc5ccccc5)[C@@H](OC(=O)c5ccccc5)[C@@H](OCc5ccccc5)[C@@H]4OCc4ccccc4)O[C@H](COCc4ccccc4)[C@@H](OCc4ccccc4)[C@@H]3OCc3ccccc3)O[C@H](COCc3ccccc3)[C@@H](OCc3ccccc3)[C@@H]2OCc2ccccc2)O[C@H](COCc2ccccc2)[C@@H](OCc2ccccc2)[C@@H]1OCc1ccccc1)c1ccccc1. The van der Waals surface area contributed by atoms with Crippen LogP contribution in [0, 0.1) is 0 Å². The Morgan fingerprint density at radius 1 is 0.194 bits per heavy atom. The highest BCUT2D eigenvalue weighted by atomic mass is 32.2. The molecule has 0 amide bonds. The maximum Gasteiger partial charge on any atom is 0.338 e. The van der Waals surface area contributed by atoms with E-state index in [4.69, 9.17) is 94.7 Å². The third kappa shape index (κ3) is 29.3. The van der Waals surface area contributed by atoms with Crippen LogP contribution in [0.3, 0.4) is 0 Å². The quantitative estimate of drug-likeness (QED) is 0.0324. The molecular weight excluding hydrogens is 1840 g/mol. The van der Waals surface area contributed by atoms with Crippen LogP contribution in [-0.4, -0.2) is 160 Å². The van der Waals surface area contributed by atoms with Gasteiger partial charge in [-0.2, -0.15) is 0 Å². The smallest absolute Gasteiger partial charge is 0.338 e. The second kappa shape index (κ2) is 54.0. The first-order chi connectivity index (χ1) is 71.2. The standard InChI is InChI=1S/C121H120O22S/c122-116(97-65-37-12-38-66-97)140-113-109(132-79-94-59-31-9-32-60-94)105(128-75-90-51-23-5-24-52-90)101(83-125-72-87-45-17-2-18-46-87)137-119(113)143-114-110(133-80-95-61-33-10-34-62-95)106(129-76-91-53-25-6-26-54-91)102(84-126-73-88-47-19-3-20-48-88)138-120(114)142-112-108(131-78-93-57-29-8-30-58-93)104(127-74-89-49-21-4-22-50-89)100(82-124-71-86-43-15-1-16-44-86)136-118(112)135-85-103-107(130-77-92-55-27-7-28-56-92)111(134-81-96-63-35-11-36-64-96)115(141-117(123)98-67-39-13-40-68-98)121(139-103)144-99-69-41-14-42-70-99/h1-70,100-115,118-121H,71-85H2/t100-,101-,102-,103-,104-,105-,106-,107-,108+,109+,110+,111+,112+,113+,114+,115+,118+,119-,120-,121-/m1/s1. The summed E-state index contributed by atoms with van der Waals surface area (Å²) in [6.45, 7) is 0.0659. The molecule has 0 saturated carbocycles. The highest BCUT2D eigenvalue weighted by molar-refractivity contribution is 7.99. The summed E-state index contributed by atoms with van der Waals surface area (Å²) in [7, 11) is 0. The molecule has 4 aliphatic rings. The molecule has 4 aliphatic heterocycles. The first-order valence-corrected chi connectivity index (χ1v) is 50.0. The molecule has 0 aliphatic carbocycles. The van der Waals surface area contributed by atoms with E-state index in [-0.39, 0.29) is 105 Å². The van der Waals surface area contributed by atoms with Crippen LogP contribution in [-0.2, 0) is 167 Å². The molecule has 4 heterocycles. The van der Waals surface area contributed by atoms with Crippen LogP contribution in [0.4, 0.5) is 0 Å². The fraction of sp³-hybridized carbons (Fsp3) is 0.289. The molecule has 4 fully saturated rings. The molecule has 0 N–H and O–H groups in total. The first kappa shape index (κ1) is 102. The van der Waals surface area contributed by atoms with Gasteiger partial charge in [0.2, 0.25) is 0 Å². The van der Waals surface area contributed by atoms with Crippen molar-refractivity contribution in [2.75, 3.05) is 26.4 Å². The van der Waals surface area contributed by atoms with Gasteiger partial charge in [-0.15, -0.1) is 0 Å². The van der Waals surface area contributed by atoms with Crippen LogP contribution in [0.1, 0.15) is 81.9 Å². The van der Waals surface area contributed by atoms with Gasteiger partial charge in [-0.3, -0.25) is 0 Å². The maximum atomic E-state index is 15.8. The molecule has 18 rings (SSSR count). The van der Waals surface area contributed by atoms with Crippen LogP contribution >= 0.6 is 11.8 Å². The zero-order valence-electron chi connectivity index (χ0n) is 80.0. The third-order valence-electron chi connectivity index (χ3n) is 25.3. The summed E-state index contributed by atoms with van der Waals surface area (Å²) in [5, 5.41) is 0. The van der Waals surface area contributed by atoms with Crippen LogP contribution in [0.2, 0.25) is 0 Å². The van der Waals surface area contributed by atoms with Gasteiger partial charge >= 0.3 is 11.9 Å². The lowest BCUT2D eigenvalue weighted by atomic mass is 9.95. The van der Waals surface area contributed by atoms with E-state index < -0.39 is 134 Å². The van der Waals surface area contributed by atoms with Crippen molar-refractivity contribution in [3.05, 3.63) is 497 Å². The second-order valence-corrected chi connectivity index (χ2v) is 36.9. The van der Waals surface area contributed by atoms with Gasteiger partial charge < -0.3 is 94.7 Å². The summed E-state index contributed by atoms with van der Waals surface area (Å²) in [4.78, 5) is 31.6. The molecule has 14 aromatic carbocycles. The zero-order chi connectivity index (χ0) is 97.7. The van der Waals surface area contributed by atoms with Gasteiger partial charge in [0, 0.05) is 4.90 Å². The predicted molar refractivity (Wildman–Crippen MR) is 542 cm³/mol. The number of carbonyl (C=O) groups is 2. The number of ether oxygens (including phenoxy) is 20. The van der Waals surface area contributed by atoms with Gasteiger partial charge in [-0.25, -0.2) is 9.59 Å². The van der Waals surface area contributed by atoms with E-state index in [9.17, 15) is 0 Å². The number of hydrogen-bond donors (Lipinski definition) is 0. The van der Waals surface area contributed by atoms with Gasteiger partial charge in [0.25, 0.3) is 0 Å². The molecule has 144 heavy (non-hydrogen) atoms. The Kier molecular flexibility index (Phi) is 38.1. The van der Waals surface area contributed by atoms with E-state index in [0.717, 1.165) is 66.1 Å². The van der Waals surface area contributed by atoms with Gasteiger partial charge in [0.1, 0.15) is 90.9 Å². The molecule has 0 radical (unpaired) electrons. The van der Waals surface area contributed by atoms with Crippen molar-refractivity contribution in [1.82, 2.24) is 0 Å². The highest BCUT2D eigenvalue weighted by Crippen LogP contribution is 2.44. The van der Waals surface area contributed by atoms with Crippen molar-refractivity contribution in [2.24, 2.45) is 0 Å². The summed E-state index contributed by atoms with van der Waals surface area (Å²) < 4.78 is 150. The van der Waals surface area contributed by atoms with E-state index in [1.165, 1.54) is 11.8 Å². The van der Waals surface area contributed by atoms with Crippen molar-refractivity contribution in [1.29, 1.82) is 0 Å². The number of carbonyl (C=O) groups excluding carboxylic acids is 2. The van der Waals surface area contributed by atoms with E-state index >= 15 is 9.59 Å². The summed E-state index contributed by atoms with van der Waals surface area (Å²) >= 11 is 1.37. The Balaban J connectivity index is 0.821. The van der Waals surface area contributed by atoms with Gasteiger partial charge in [0.15, 0.2) is 31.1 Å². The lowest BCUT2D eigenvalue weighted by Gasteiger charge is -2.52. The Bertz CT molecular complexity index is 6010. The molecule has 0 spiro atoms. The van der Waals surface area contributed by atoms with Crippen LogP contribution < -0.4 is 0 Å². The van der Waals surface area contributed by atoms with E-state index in [0.29, 0.717) is 5.56 Å². The van der Waals surface area contributed by atoms with Gasteiger partial charge in [-0.1, -0.05) is 400 Å². The number of thioether (sulfide) groups is 1. The molecule has 23 heteroatoms. The predicted octanol–water partition coefficient (Wildman–Crippen LogP) is 21.3. The summed E-state index contributed by atoms with van der Waals surface area (Å²) in [5.74, 6) is -1.33. The molecule has 20 atom stereocenters. The van der Waals surface area contributed by atoms with E-state index in [1.54, 1.807) is 48.5 Å². The van der Waals surface area contributed by atoms with Gasteiger partial charge in [0.05, 0.1) is 110 Å². The fourth-order valence-electron chi connectivity index (χ4n) is 18.0. The minimum absolute atomic E-state index is 0.00274. The number of esters is 2. The monoisotopic (exact) mass is 1960 g/mol. The summed E-state index contributed by atoms with van der Waals surface area (Å²) in [5.41, 5.74) is 8.85. The number of hydrogen-bond acceptors (Lipinski definition) is 23. The minimum atomic E-state index is -1.70. The molecule has 0 unspecified atom stereocenters.